The molecule has 0 aliphatic carbocycles. The summed E-state index contributed by atoms with van der Waals surface area (Å²) in [5.41, 5.74) is -0.361. The molecule has 0 bridgehead atoms. The second-order valence-corrected chi connectivity index (χ2v) is 28.2. The normalized spacial score (nSPS) is 25.6. The maximum Gasteiger partial charge on any atom is 0.277 e. The Hall–Kier alpha value is -7.30. The number of nitrogens with zero attached hydrogens (tertiary/aromatic N) is 8. The van der Waals surface area contributed by atoms with Crippen LogP contribution in [0.3, 0.4) is 0 Å². The lowest BCUT2D eigenvalue weighted by molar-refractivity contribution is -0.157. The van der Waals surface area contributed by atoms with Gasteiger partial charge in [-0.3, -0.25) is 62.5 Å². The van der Waals surface area contributed by atoms with E-state index < -0.39 is 161 Å². The average molecular weight is 1330 g/mol. The van der Waals surface area contributed by atoms with Crippen LogP contribution in [0.1, 0.15) is 149 Å². The van der Waals surface area contributed by atoms with Crippen molar-refractivity contribution < 1.29 is 57.8 Å². The fourth-order valence-electron chi connectivity index (χ4n) is 11.7. The number of aromatic nitrogens is 4. The number of H-pyrrole nitrogens is 3. The molecule has 0 radical (unpaired) electrons. The lowest BCUT2D eigenvalue weighted by Gasteiger charge is -2.41. The monoisotopic (exact) mass is 1330 g/mol. The molecule has 12 atom stereocenters. The van der Waals surface area contributed by atoms with Gasteiger partial charge < -0.3 is 70.6 Å². The van der Waals surface area contributed by atoms with Crippen LogP contribution in [0.25, 0.3) is 11.2 Å². The number of hydrogen-bond donors (Lipinski definition) is 8. The zero-order valence-electron chi connectivity index (χ0n) is 59.2. The van der Waals surface area contributed by atoms with E-state index in [1.54, 1.807) is 41.5 Å². The minimum Gasteiger partial charge on any atom is -0.390 e. The molecular weight excluding hydrogens is 1220 g/mol. The van der Waals surface area contributed by atoms with Crippen LogP contribution in [0, 0.1) is 46.2 Å². The van der Waals surface area contributed by atoms with Gasteiger partial charge in [-0.15, -0.1) is 0 Å². The van der Waals surface area contributed by atoms with Gasteiger partial charge >= 0.3 is 0 Å². The molecule has 93 heavy (non-hydrogen) atoms. The summed E-state index contributed by atoms with van der Waals surface area (Å²) in [6.07, 6.45) is -1.40. The van der Waals surface area contributed by atoms with E-state index in [9.17, 15) is 43.5 Å². The van der Waals surface area contributed by atoms with Crippen molar-refractivity contribution in [1.82, 2.24) is 75.5 Å². The van der Waals surface area contributed by atoms with Gasteiger partial charge in [0.05, 0.1) is 12.6 Å². The van der Waals surface area contributed by atoms with E-state index in [1.165, 1.54) is 87.7 Å². The Morgan fingerprint density at radius 2 is 0.935 bits per heavy atom. The number of aliphatic hydroxyl groups is 1. The Balaban J connectivity index is 2.33. The molecule has 29 heteroatoms. The summed E-state index contributed by atoms with van der Waals surface area (Å²) in [5.74, 6) is -10.6. The summed E-state index contributed by atoms with van der Waals surface area (Å²) >= 11 is 5.14. The summed E-state index contributed by atoms with van der Waals surface area (Å²) in [7, 11) is 9.70. The van der Waals surface area contributed by atoms with Crippen LogP contribution in [0.15, 0.2) is 4.79 Å². The van der Waals surface area contributed by atoms with Crippen molar-refractivity contribution in [2.45, 2.75) is 216 Å². The molecule has 524 valence electrons. The summed E-state index contributed by atoms with van der Waals surface area (Å²) < 4.78 is 0.0167. The van der Waals surface area contributed by atoms with Gasteiger partial charge in [0.25, 0.3) is 5.56 Å². The summed E-state index contributed by atoms with van der Waals surface area (Å²) in [6, 6.07) is -13.0. The van der Waals surface area contributed by atoms with E-state index in [-0.39, 0.29) is 84.0 Å². The van der Waals surface area contributed by atoms with E-state index >= 15 is 19.2 Å². The van der Waals surface area contributed by atoms with Crippen molar-refractivity contribution in [3.8, 4) is 0 Å². The van der Waals surface area contributed by atoms with Gasteiger partial charge in [-0.05, 0) is 99.6 Å². The zero-order chi connectivity index (χ0) is 71.3. The van der Waals surface area contributed by atoms with Crippen LogP contribution in [0.5, 0.6) is 0 Å². The van der Waals surface area contributed by atoms with E-state index in [2.05, 4.69) is 41.2 Å². The highest BCUT2D eigenvalue weighted by Crippen LogP contribution is 2.26. The molecule has 0 aromatic carbocycles. The number of hydrogen-bond acceptors (Lipinski definition) is 15. The highest BCUT2D eigenvalue weighted by molar-refractivity contribution is 7.71. The average Bonchev–Trinajstić information content (AvgIpc) is 1.71. The highest BCUT2D eigenvalue weighted by Gasteiger charge is 2.46. The van der Waals surface area contributed by atoms with Crippen molar-refractivity contribution in [3.05, 3.63) is 20.9 Å². The zero-order valence-corrected chi connectivity index (χ0v) is 60.0. The Morgan fingerprint density at radius 1 is 0.484 bits per heavy atom. The second-order valence-electron chi connectivity index (χ2n) is 27.8. The molecule has 2 aromatic heterocycles. The molecule has 1 fully saturated rings. The topological polar surface area (TPSA) is 356 Å². The Kier molecular flexibility index (Phi) is 29.9. The van der Waals surface area contributed by atoms with Crippen LogP contribution >= 0.6 is 12.2 Å². The number of fused-ring (bicyclic) bond motifs is 1. The van der Waals surface area contributed by atoms with E-state index in [4.69, 9.17) is 12.2 Å². The van der Waals surface area contributed by atoms with Gasteiger partial charge in [0.1, 0.15) is 71.8 Å². The largest absolute Gasteiger partial charge is 0.390 e. The number of likely N-dealkylation sites (N-methyl/N-ethyl adjacent to an activating group) is 7. The molecule has 3 rings (SSSR count). The molecular formula is C64H109N15O13S. The molecule has 1 aliphatic heterocycles. The SMILES string of the molecule is CC[C@@H]1NC(=O)[C@H]([C@H](O)[C@H](C)Cc2nc3[nH]c(=S)[nH]c(=O)c3[nH]2)N(C)C(=O)[C@H](C(C)C)N(C)C(=O)[C@H](CC(C)C)N(C)C(=O)[C@H](CC(C)C)N(C)C(=O)[C@@H](C)NC(=O)[C@H](C)NC(=O)[C@H](CC(C)C)N(C)C(=O)[C@H](C(C)C)NC(=O)[C@H](CC(C)C)N(C)C(=O)CN(C)C1=O. The molecule has 0 spiro atoms. The lowest BCUT2D eigenvalue weighted by Crippen LogP contribution is -2.63. The van der Waals surface area contributed by atoms with Crippen LogP contribution in [0.4, 0.5) is 0 Å². The number of carbonyl (C=O) groups is 11. The highest BCUT2D eigenvalue weighted by atomic mass is 32.1. The summed E-state index contributed by atoms with van der Waals surface area (Å²) in [4.78, 5) is 195. The van der Waals surface area contributed by atoms with Crippen LogP contribution < -0.4 is 26.8 Å². The number of rotatable bonds is 15. The minimum absolute atomic E-state index is 0.0167. The number of aliphatic hydroxyl groups excluding tert-OH is 1. The van der Waals surface area contributed by atoms with Crippen molar-refractivity contribution in [2.75, 3.05) is 55.9 Å². The number of aromatic amines is 3. The number of amides is 11. The Bertz CT molecular complexity index is 3110. The first kappa shape index (κ1) is 79.9. The third kappa shape index (κ3) is 20.8. The van der Waals surface area contributed by atoms with Gasteiger partial charge in [0.2, 0.25) is 65.0 Å². The van der Waals surface area contributed by atoms with Crippen LogP contribution in [0.2, 0.25) is 0 Å². The van der Waals surface area contributed by atoms with Crippen molar-refractivity contribution in [3.63, 3.8) is 0 Å². The molecule has 1 saturated heterocycles. The van der Waals surface area contributed by atoms with E-state index in [1.807, 2.05) is 55.4 Å². The molecule has 2 aromatic rings. The van der Waals surface area contributed by atoms with E-state index in [0.717, 1.165) is 9.80 Å². The van der Waals surface area contributed by atoms with Crippen molar-refractivity contribution in [2.24, 2.45) is 41.4 Å². The fourth-order valence-corrected chi connectivity index (χ4v) is 11.9. The third-order valence-electron chi connectivity index (χ3n) is 17.3. The van der Waals surface area contributed by atoms with Crippen molar-refractivity contribution >= 4 is 88.4 Å². The number of imidazole rings is 1. The standard InChI is InChI=1S/C64H109N15O13S/c1-24-40-59(88)73(17)30-46(80)74(18)41(25-31(2)3)55(84)70-47(35(10)11)62(91)75(19)42(26-32(4)5)54(83)65-38(15)53(82)66-39(16)58(87)76(20)43(27-33(6)7)60(89)77(21)44(28-34(8)9)61(90)78(22)49(36(12)13)63(92)79(23)50(57(86)67-40)51(81)37(14)29-45-68-48-52(69-45)71-64(93)72-56(48)85/h31-44,47,49-51,81H,24-30H2,1-23H3,(H,65,83)(H,66,82)(H,67,86)(H,70,84)(H3,68,69,71,72,85,93)/t37-,38+,39-,40+,41+,42+,43+,44+,47+,49+,50+,51-/m1/s1. The Morgan fingerprint density at radius 3 is 1.43 bits per heavy atom. The summed E-state index contributed by atoms with van der Waals surface area (Å²) in [5, 5.41) is 23.4. The van der Waals surface area contributed by atoms with Gasteiger partial charge in [-0.2, -0.15) is 0 Å². The number of nitrogens with one attached hydrogen (secondary N) is 7. The van der Waals surface area contributed by atoms with Gasteiger partial charge in [0, 0.05) is 55.8 Å². The predicted molar refractivity (Wildman–Crippen MR) is 355 cm³/mol. The third-order valence-corrected chi connectivity index (χ3v) is 17.5. The maximum atomic E-state index is 15.4. The van der Waals surface area contributed by atoms with E-state index in [0.29, 0.717) is 0 Å². The first-order chi connectivity index (χ1) is 43.0. The van der Waals surface area contributed by atoms with Crippen molar-refractivity contribution in [1.29, 1.82) is 0 Å². The molecule has 0 unspecified atom stereocenters. The maximum absolute atomic E-state index is 15.4. The molecule has 11 amide bonds. The minimum atomic E-state index is -1.79. The summed E-state index contributed by atoms with van der Waals surface area (Å²) in [6.45, 7) is 27.0. The first-order valence-electron chi connectivity index (χ1n) is 32.5. The molecule has 0 saturated carbocycles. The fraction of sp³-hybridized carbons (Fsp3) is 0.750. The van der Waals surface area contributed by atoms with Gasteiger partial charge in [-0.25, -0.2) is 4.98 Å². The van der Waals surface area contributed by atoms with Crippen LogP contribution in [-0.2, 0) is 59.2 Å². The Labute approximate surface area is 553 Å². The molecule has 1 aliphatic rings. The van der Waals surface area contributed by atoms with Gasteiger partial charge in [-0.1, -0.05) is 96.9 Å². The predicted octanol–water partition coefficient (Wildman–Crippen LogP) is 2.17. The number of carbonyl (C=O) groups excluding carboxylic acids is 11. The quantitative estimate of drug-likeness (QED) is 0.119. The smallest absolute Gasteiger partial charge is 0.277 e. The lowest BCUT2D eigenvalue weighted by atomic mass is 9.91. The molecule has 28 nitrogen and oxygen atoms in total. The van der Waals surface area contributed by atoms with Crippen LogP contribution in [-0.4, -0.2) is 247 Å². The molecule has 8 N–H and O–H groups in total. The second kappa shape index (κ2) is 34.7. The van der Waals surface area contributed by atoms with Gasteiger partial charge in [0.15, 0.2) is 10.4 Å². The molecule has 3 heterocycles. The first-order valence-corrected chi connectivity index (χ1v) is 32.9.